The zero-order valence-electron chi connectivity index (χ0n) is 12.0. The largest absolute Gasteiger partial charge is 0.354 e. The Bertz CT molecular complexity index is 200. The standard InChI is InChI=1S/C13H28N2OS/c1-6-9-17-10-13(16)14-7-8-15(11(2)3)12(4)5/h11-12H,6-10H2,1-5H3,(H,14,16). The van der Waals surface area contributed by atoms with E-state index in [0.717, 1.165) is 25.3 Å². The topological polar surface area (TPSA) is 32.3 Å². The first-order chi connectivity index (χ1) is 7.99. The lowest BCUT2D eigenvalue weighted by atomic mass is 10.2. The molecule has 0 saturated carbocycles. The Morgan fingerprint density at radius 1 is 1.24 bits per heavy atom. The van der Waals surface area contributed by atoms with Gasteiger partial charge in [-0.05, 0) is 39.9 Å². The number of carbonyl (C=O) groups excluding carboxylic acids is 1. The Balaban J connectivity index is 3.70. The van der Waals surface area contributed by atoms with Crippen molar-refractivity contribution in [1.82, 2.24) is 10.2 Å². The highest BCUT2D eigenvalue weighted by Gasteiger charge is 2.12. The molecule has 1 amide bonds. The molecular weight excluding hydrogens is 232 g/mol. The van der Waals surface area contributed by atoms with Crippen molar-refractivity contribution >= 4 is 17.7 Å². The molecule has 0 bridgehead atoms. The van der Waals surface area contributed by atoms with Crippen molar-refractivity contribution in [3.05, 3.63) is 0 Å². The molecule has 0 fully saturated rings. The summed E-state index contributed by atoms with van der Waals surface area (Å²) in [4.78, 5) is 13.9. The first-order valence-electron chi connectivity index (χ1n) is 6.59. The van der Waals surface area contributed by atoms with Crippen molar-refractivity contribution in [3.8, 4) is 0 Å². The number of thioether (sulfide) groups is 1. The van der Waals surface area contributed by atoms with Crippen LogP contribution in [0.15, 0.2) is 0 Å². The summed E-state index contributed by atoms with van der Waals surface area (Å²) in [6.45, 7) is 12.6. The molecule has 102 valence electrons. The predicted molar refractivity (Wildman–Crippen MR) is 77.6 cm³/mol. The Labute approximate surface area is 111 Å². The van der Waals surface area contributed by atoms with E-state index >= 15 is 0 Å². The normalized spacial score (nSPS) is 11.5. The molecule has 1 N–H and O–H groups in total. The minimum absolute atomic E-state index is 0.163. The van der Waals surface area contributed by atoms with Crippen LogP contribution in [0.5, 0.6) is 0 Å². The van der Waals surface area contributed by atoms with Crippen molar-refractivity contribution in [3.63, 3.8) is 0 Å². The summed E-state index contributed by atoms with van der Waals surface area (Å²) in [6.07, 6.45) is 1.13. The minimum atomic E-state index is 0.163. The van der Waals surface area contributed by atoms with E-state index < -0.39 is 0 Å². The third-order valence-electron chi connectivity index (χ3n) is 2.60. The van der Waals surface area contributed by atoms with Gasteiger partial charge < -0.3 is 5.32 Å². The number of hydrogen-bond acceptors (Lipinski definition) is 3. The van der Waals surface area contributed by atoms with Gasteiger partial charge in [-0.25, -0.2) is 0 Å². The van der Waals surface area contributed by atoms with E-state index in [0.29, 0.717) is 17.8 Å². The summed E-state index contributed by atoms with van der Waals surface area (Å²) in [6, 6.07) is 1.06. The fourth-order valence-corrected chi connectivity index (χ4v) is 2.52. The third-order valence-corrected chi connectivity index (χ3v) is 3.76. The summed E-state index contributed by atoms with van der Waals surface area (Å²) in [5.41, 5.74) is 0. The van der Waals surface area contributed by atoms with Gasteiger partial charge in [0.2, 0.25) is 5.91 Å². The lowest BCUT2D eigenvalue weighted by Crippen LogP contribution is -2.42. The second-order valence-electron chi connectivity index (χ2n) is 4.83. The minimum Gasteiger partial charge on any atom is -0.354 e. The van der Waals surface area contributed by atoms with E-state index in [4.69, 9.17) is 0 Å². The summed E-state index contributed by atoms with van der Waals surface area (Å²) in [5.74, 6) is 1.82. The highest BCUT2D eigenvalue weighted by Crippen LogP contribution is 2.04. The zero-order chi connectivity index (χ0) is 13.3. The molecule has 0 unspecified atom stereocenters. The predicted octanol–water partition coefficient (Wildman–Crippen LogP) is 2.36. The maximum atomic E-state index is 11.5. The molecule has 0 radical (unpaired) electrons. The first kappa shape index (κ1) is 16.8. The van der Waals surface area contributed by atoms with Crippen LogP contribution in [0.1, 0.15) is 41.0 Å². The lowest BCUT2D eigenvalue weighted by Gasteiger charge is -2.30. The summed E-state index contributed by atoms with van der Waals surface area (Å²) in [5, 5.41) is 2.98. The fraction of sp³-hybridized carbons (Fsp3) is 0.923. The van der Waals surface area contributed by atoms with E-state index in [1.165, 1.54) is 0 Å². The molecule has 0 aromatic rings. The quantitative estimate of drug-likeness (QED) is 0.646. The Morgan fingerprint density at radius 2 is 1.82 bits per heavy atom. The number of carbonyl (C=O) groups is 1. The second kappa shape index (κ2) is 9.77. The SMILES string of the molecule is CCCSCC(=O)NCCN(C(C)C)C(C)C. The fourth-order valence-electron chi connectivity index (χ4n) is 1.80. The van der Waals surface area contributed by atoms with Crippen LogP contribution in [0, 0.1) is 0 Å². The number of nitrogens with zero attached hydrogens (tertiary/aromatic N) is 1. The monoisotopic (exact) mass is 260 g/mol. The van der Waals surface area contributed by atoms with Gasteiger partial charge >= 0.3 is 0 Å². The van der Waals surface area contributed by atoms with Crippen LogP contribution < -0.4 is 5.32 Å². The summed E-state index contributed by atoms with van der Waals surface area (Å²) >= 11 is 1.71. The van der Waals surface area contributed by atoms with Crippen molar-refractivity contribution in [2.24, 2.45) is 0 Å². The van der Waals surface area contributed by atoms with E-state index in [9.17, 15) is 4.79 Å². The highest BCUT2D eigenvalue weighted by molar-refractivity contribution is 7.99. The first-order valence-corrected chi connectivity index (χ1v) is 7.74. The van der Waals surface area contributed by atoms with Gasteiger partial charge in [0.05, 0.1) is 5.75 Å². The molecule has 0 aliphatic rings. The van der Waals surface area contributed by atoms with E-state index in [1.54, 1.807) is 11.8 Å². The number of rotatable bonds is 9. The molecule has 17 heavy (non-hydrogen) atoms. The van der Waals surface area contributed by atoms with E-state index in [-0.39, 0.29) is 5.91 Å². The molecule has 0 aromatic carbocycles. The van der Waals surface area contributed by atoms with Crippen LogP contribution in [-0.4, -0.2) is 47.5 Å². The average molecular weight is 260 g/mol. The zero-order valence-corrected chi connectivity index (χ0v) is 12.8. The number of nitrogens with one attached hydrogen (secondary N) is 1. The average Bonchev–Trinajstić information content (AvgIpc) is 2.23. The van der Waals surface area contributed by atoms with Gasteiger partial charge in [0.25, 0.3) is 0 Å². The molecule has 0 aliphatic carbocycles. The van der Waals surface area contributed by atoms with Gasteiger partial charge in [0.1, 0.15) is 0 Å². The van der Waals surface area contributed by atoms with Gasteiger partial charge in [-0.15, -0.1) is 0 Å². The van der Waals surface area contributed by atoms with Gasteiger partial charge in [0.15, 0.2) is 0 Å². The lowest BCUT2D eigenvalue weighted by molar-refractivity contribution is -0.118. The molecule has 0 rings (SSSR count). The molecular formula is C13H28N2OS. The number of amides is 1. The third kappa shape index (κ3) is 8.50. The van der Waals surface area contributed by atoms with Gasteiger partial charge in [-0.1, -0.05) is 6.92 Å². The molecule has 0 aromatic heterocycles. The van der Waals surface area contributed by atoms with Crippen molar-refractivity contribution in [2.75, 3.05) is 24.6 Å². The highest BCUT2D eigenvalue weighted by atomic mass is 32.2. The Kier molecular flexibility index (Phi) is 9.65. The van der Waals surface area contributed by atoms with Crippen molar-refractivity contribution in [2.45, 2.75) is 53.1 Å². The molecule has 0 aliphatic heterocycles. The molecule has 0 spiro atoms. The Morgan fingerprint density at radius 3 is 2.29 bits per heavy atom. The van der Waals surface area contributed by atoms with Crippen LogP contribution in [0.25, 0.3) is 0 Å². The van der Waals surface area contributed by atoms with E-state index in [2.05, 4.69) is 44.8 Å². The van der Waals surface area contributed by atoms with Crippen LogP contribution in [0.3, 0.4) is 0 Å². The van der Waals surface area contributed by atoms with Crippen molar-refractivity contribution < 1.29 is 4.79 Å². The maximum absolute atomic E-state index is 11.5. The maximum Gasteiger partial charge on any atom is 0.230 e. The van der Waals surface area contributed by atoms with Gasteiger partial charge in [-0.2, -0.15) is 11.8 Å². The smallest absolute Gasteiger partial charge is 0.230 e. The van der Waals surface area contributed by atoms with Gasteiger partial charge in [-0.3, -0.25) is 9.69 Å². The molecule has 0 heterocycles. The number of hydrogen-bond donors (Lipinski definition) is 1. The molecule has 0 atom stereocenters. The van der Waals surface area contributed by atoms with Crippen molar-refractivity contribution in [1.29, 1.82) is 0 Å². The van der Waals surface area contributed by atoms with Crippen LogP contribution in [0.4, 0.5) is 0 Å². The molecule has 4 heteroatoms. The van der Waals surface area contributed by atoms with Crippen LogP contribution >= 0.6 is 11.8 Å². The van der Waals surface area contributed by atoms with Gasteiger partial charge in [0, 0.05) is 25.2 Å². The summed E-state index contributed by atoms with van der Waals surface area (Å²) < 4.78 is 0. The second-order valence-corrected chi connectivity index (χ2v) is 5.93. The molecule has 0 saturated heterocycles. The summed E-state index contributed by atoms with van der Waals surface area (Å²) in [7, 11) is 0. The van der Waals surface area contributed by atoms with Crippen LogP contribution in [-0.2, 0) is 4.79 Å². The van der Waals surface area contributed by atoms with Crippen LogP contribution in [0.2, 0.25) is 0 Å². The molecule has 3 nitrogen and oxygen atoms in total. The van der Waals surface area contributed by atoms with E-state index in [1.807, 2.05) is 0 Å². The Hall–Kier alpha value is -0.220.